The largest absolute Gasteiger partial charge is 0.435 e. The molecule has 0 radical (unpaired) electrons. The lowest BCUT2D eigenvalue weighted by Gasteiger charge is -2.07. The van der Waals surface area contributed by atoms with Crippen LogP contribution in [0.25, 0.3) is 0 Å². The second-order valence-electron chi connectivity index (χ2n) is 3.88. The van der Waals surface area contributed by atoms with Gasteiger partial charge in [0.25, 0.3) is 0 Å². The quantitative estimate of drug-likeness (QED) is 0.827. The lowest BCUT2D eigenvalue weighted by atomic mass is 10.3. The first-order valence-electron chi connectivity index (χ1n) is 5.34. The molecule has 0 aromatic carbocycles. The first-order chi connectivity index (χ1) is 8.29. The minimum atomic E-state index is -4.51. The van der Waals surface area contributed by atoms with E-state index in [-0.39, 0.29) is 13.1 Å². The van der Waals surface area contributed by atoms with E-state index < -0.39 is 23.9 Å². The standard InChI is InChI=1S/C10H14F3N3O2/c1-7(17)2-4-14-9(18)6-16-5-3-8(15-16)10(11,12)13/h3,5,7,17H,2,4,6H2,1H3,(H,14,18). The topological polar surface area (TPSA) is 67.2 Å². The number of aliphatic hydroxyl groups excluding tert-OH is 1. The summed E-state index contributed by atoms with van der Waals surface area (Å²) in [6.45, 7) is 1.56. The number of nitrogens with one attached hydrogen (secondary N) is 1. The zero-order valence-electron chi connectivity index (χ0n) is 9.74. The first-order valence-corrected chi connectivity index (χ1v) is 5.34. The van der Waals surface area contributed by atoms with Crippen LogP contribution in [0.3, 0.4) is 0 Å². The minimum absolute atomic E-state index is 0.268. The number of rotatable bonds is 5. The van der Waals surface area contributed by atoms with Crippen molar-refractivity contribution in [3.8, 4) is 0 Å². The summed E-state index contributed by atoms with van der Waals surface area (Å²) in [5, 5.41) is 14.7. The number of amides is 1. The fourth-order valence-corrected chi connectivity index (χ4v) is 1.22. The van der Waals surface area contributed by atoms with Crippen LogP contribution in [0.15, 0.2) is 12.3 Å². The molecule has 0 bridgehead atoms. The van der Waals surface area contributed by atoms with E-state index in [1.165, 1.54) is 0 Å². The highest BCUT2D eigenvalue weighted by atomic mass is 19.4. The lowest BCUT2D eigenvalue weighted by Crippen LogP contribution is -2.30. The molecular weight excluding hydrogens is 251 g/mol. The van der Waals surface area contributed by atoms with Gasteiger partial charge in [0.2, 0.25) is 5.91 Å². The van der Waals surface area contributed by atoms with Crippen LogP contribution in [0, 0.1) is 0 Å². The first kappa shape index (κ1) is 14.5. The van der Waals surface area contributed by atoms with Crippen LogP contribution in [-0.2, 0) is 17.5 Å². The molecule has 0 saturated heterocycles. The van der Waals surface area contributed by atoms with Crippen molar-refractivity contribution in [2.45, 2.75) is 32.2 Å². The van der Waals surface area contributed by atoms with E-state index in [2.05, 4.69) is 10.4 Å². The van der Waals surface area contributed by atoms with Crippen LogP contribution >= 0.6 is 0 Å². The van der Waals surface area contributed by atoms with Gasteiger partial charge >= 0.3 is 6.18 Å². The number of hydrogen-bond donors (Lipinski definition) is 2. The van der Waals surface area contributed by atoms with E-state index in [1.807, 2.05) is 0 Å². The predicted molar refractivity (Wildman–Crippen MR) is 56.5 cm³/mol. The second kappa shape index (κ2) is 5.85. The highest BCUT2D eigenvalue weighted by molar-refractivity contribution is 5.75. The number of carbonyl (C=O) groups excluding carboxylic acids is 1. The molecule has 1 rings (SSSR count). The van der Waals surface area contributed by atoms with E-state index in [0.29, 0.717) is 6.42 Å². The third-order valence-corrected chi connectivity index (χ3v) is 2.12. The van der Waals surface area contributed by atoms with Crippen molar-refractivity contribution in [3.63, 3.8) is 0 Å². The number of hydrogen-bond acceptors (Lipinski definition) is 3. The van der Waals surface area contributed by atoms with Gasteiger partial charge in [-0.15, -0.1) is 0 Å². The van der Waals surface area contributed by atoms with Crippen LogP contribution in [0.1, 0.15) is 19.0 Å². The Bertz CT molecular complexity index is 401. The molecule has 1 unspecified atom stereocenters. The SMILES string of the molecule is CC(O)CCNC(=O)Cn1ccc(C(F)(F)F)n1. The number of nitrogens with zero attached hydrogens (tertiary/aromatic N) is 2. The molecule has 0 fully saturated rings. The summed E-state index contributed by atoms with van der Waals surface area (Å²) in [6.07, 6.45) is -3.56. The van der Waals surface area contributed by atoms with Gasteiger partial charge in [-0.2, -0.15) is 18.3 Å². The van der Waals surface area contributed by atoms with Crippen LogP contribution in [0.2, 0.25) is 0 Å². The number of alkyl halides is 3. The molecule has 0 aliphatic rings. The van der Waals surface area contributed by atoms with Crippen LogP contribution in [-0.4, -0.2) is 33.4 Å². The molecule has 5 nitrogen and oxygen atoms in total. The molecule has 1 amide bonds. The molecule has 0 aliphatic carbocycles. The Kier molecular flexibility index (Phi) is 4.71. The highest BCUT2D eigenvalue weighted by Crippen LogP contribution is 2.27. The molecule has 0 saturated carbocycles. The van der Waals surface area contributed by atoms with Gasteiger partial charge in [-0.1, -0.05) is 0 Å². The Morgan fingerprint density at radius 2 is 2.28 bits per heavy atom. The average molecular weight is 265 g/mol. The van der Waals surface area contributed by atoms with Crippen molar-refractivity contribution in [3.05, 3.63) is 18.0 Å². The van der Waals surface area contributed by atoms with Gasteiger partial charge in [-0.3, -0.25) is 9.48 Å². The third-order valence-electron chi connectivity index (χ3n) is 2.12. The van der Waals surface area contributed by atoms with E-state index in [0.717, 1.165) is 16.9 Å². The summed E-state index contributed by atoms with van der Waals surface area (Å²) in [6, 6.07) is 0.809. The predicted octanol–water partition coefficient (Wildman–Crippen LogP) is 0.789. The van der Waals surface area contributed by atoms with Crippen molar-refractivity contribution in [1.29, 1.82) is 0 Å². The highest BCUT2D eigenvalue weighted by Gasteiger charge is 2.33. The fourth-order valence-electron chi connectivity index (χ4n) is 1.22. The fraction of sp³-hybridized carbons (Fsp3) is 0.600. The van der Waals surface area contributed by atoms with Crippen molar-refractivity contribution in [2.24, 2.45) is 0 Å². The third kappa shape index (κ3) is 4.74. The summed E-state index contributed by atoms with van der Waals surface area (Å²) >= 11 is 0. The Balaban J connectivity index is 2.43. The molecule has 8 heteroatoms. The number of aromatic nitrogens is 2. The zero-order valence-corrected chi connectivity index (χ0v) is 9.74. The summed E-state index contributed by atoms with van der Waals surface area (Å²) in [5.41, 5.74) is -1.03. The summed E-state index contributed by atoms with van der Waals surface area (Å²) in [7, 11) is 0. The number of aliphatic hydroxyl groups is 1. The monoisotopic (exact) mass is 265 g/mol. The molecule has 102 valence electrons. The van der Waals surface area contributed by atoms with Crippen molar-refractivity contribution >= 4 is 5.91 Å². The normalized spacial score (nSPS) is 13.4. The van der Waals surface area contributed by atoms with Gasteiger partial charge in [-0.25, -0.2) is 0 Å². The smallest absolute Gasteiger partial charge is 0.393 e. The van der Waals surface area contributed by atoms with Gasteiger partial charge in [0, 0.05) is 12.7 Å². The average Bonchev–Trinajstić information content (AvgIpc) is 2.64. The molecule has 1 atom stereocenters. The van der Waals surface area contributed by atoms with Gasteiger partial charge in [-0.05, 0) is 19.4 Å². The van der Waals surface area contributed by atoms with Gasteiger partial charge in [0.1, 0.15) is 6.54 Å². The molecule has 0 aliphatic heterocycles. The summed E-state index contributed by atoms with van der Waals surface area (Å²) in [4.78, 5) is 11.3. The number of carbonyl (C=O) groups is 1. The molecule has 2 N–H and O–H groups in total. The van der Waals surface area contributed by atoms with Crippen LogP contribution < -0.4 is 5.32 Å². The Morgan fingerprint density at radius 3 is 2.78 bits per heavy atom. The van der Waals surface area contributed by atoms with Crippen LogP contribution in [0.4, 0.5) is 13.2 Å². The summed E-state index contributed by atoms with van der Waals surface area (Å²) in [5.74, 6) is -0.451. The minimum Gasteiger partial charge on any atom is -0.393 e. The number of halogens is 3. The van der Waals surface area contributed by atoms with Crippen molar-refractivity contribution in [1.82, 2.24) is 15.1 Å². The molecule has 18 heavy (non-hydrogen) atoms. The Labute approximate surface area is 102 Å². The zero-order chi connectivity index (χ0) is 13.8. The van der Waals surface area contributed by atoms with E-state index in [9.17, 15) is 18.0 Å². The molecule has 0 spiro atoms. The maximum absolute atomic E-state index is 12.2. The second-order valence-corrected chi connectivity index (χ2v) is 3.88. The van der Waals surface area contributed by atoms with Gasteiger partial charge in [0.15, 0.2) is 5.69 Å². The molecule has 1 aromatic rings. The maximum Gasteiger partial charge on any atom is 0.435 e. The Morgan fingerprint density at radius 1 is 1.61 bits per heavy atom. The molecular formula is C10H14F3N3O2. The van der Waals surface area contributed by atoms with E-state index >= 15 is 0 Å². The van der Waals surface area contributed by atoms with Gasteiger partial charge < -0.3 is 10.4 Å². The lowest BCUT2D eigenvalue weighted by molar-refractivity contribution is -0.141. The molecule has 1 heterocycles. The molecule has 1 aromatic heterocycles. The van der Waals surface area contributed by atoms with E-state index in [4.69, 9.17) is 5.11 Å². The van der Waals surface area contributed by atoms with Crippen molar-refractivity contribution in [2.75, 3.05) is 6.54 Å². The van der Waals surface area contributed by atoms with Crippen molar-refractivity contribution < 1.29 is 23.1 Å². The Hall–Kier alpha value is -1.57. The van der Waals surface area contributed by atoms with E-state index in [1.54, 1.807) is 6.92 Å². The van der Waals surface area contributed by atoms with Gasteiger partial charge in [0.05, 0.1) is 6.10 Å². The van der Waals surface area contributed by atoms with Crippen LogP contribution in [0.5, 0.6) is 0 Å². The summed E-state index contributed by atoms with van der Waals surface area (Å²) < 4.78 is 37.6. The maximum atomic E-state index is 12.2.